The highest BCUT2D eigenvalue weighted by atomic mass is 32.1. The van der Waals surface area contributed by atoms with Gasteiger partial charge in [-0.2, -0.15) is 9.50 Å². The molecular weight excluding hydrogens is 430 g/mol. The first-order chi connectivity index (χ1) is 15.5. The fraction of sp³-hybridized carbons (Fsp3) is 0.130. The maximum atomic E-state index is 12.7. The van der Waals surface area contributed by atoms with Crippen molar-refractivity contribution in [2.24, 2.45) is 0 Å². The number of fused-ring (bicyclic) bond motifs is 1. The van der Waals surface area contributed by atoms with Crippen molar-refractivity contribution in [3.8, 4) is 11.5 Å². The topological polar surface area (TPSA) is 92.0 Å². The summed E-state index contributed by atoms with van der Waals surface area (Å²) in [6, 6.07) is 12.3. The molecular formula is C23H19N3O5S. The third-order valence-electron chi connectivity index (χ3n) is 4.66. The van der Waals surface area contributed by atoms with Gasteiger partial charge in [0.1, 0.15) is 0 Å². The van der Waals surface area contributed by atoms with E-state index >= 15 is 0 Å². The molecule has 0 saturated carbocycles. The summed E-state index contributed by atoms with van der Waals surface area (Å²) in [5, 5.41) is 4.29. The molecule has 4 rings (SSSR count). The zero-order valence-electron chi connectivity index (χ0n) is 17.6. The Balaban J connectivity index is 1.59. The molecule has 0 fully saturated rings. The number of esters is 1. The van der Waals surface area contributed by atoms with Gasteiger partial charge in [0.05, 0.1) is 31.4 Å². The molecule has 2 aromatic heterocycles. The van der Waals surface area contributed by atoms with Gasteiger partial charge < -0.3 is 14.2 Å². The number of carbonyl (C=O) groups is 1. The minimum atomic E-state index is -0.409. The van der Waals surface area contributed by atoms with E-state index in [4.69, 9.17) is 9.47 Å². The molecule has 8 nitrogen and oxygen atoms in total. The molecule has 0 aliphatic carbocycles. The van der Waals surface area contributed by atoms with E-state index in [1.54, 1.807) is 50.6 Å². The molecule has 0 spiro atoms. The van der Waals surface area contributed by atoms with Crippen molar-refractivity contribution in [2.75, 3.05) is 21.3 Å². The zero-order valence-corrected chi connectivity index (χ0v) is 18.4. The summed E-state index contributed by atoms with van der Waals surface area (Å²) in [5.74, 6) is 1.28. The molecule has 2 aromatic carbocycles. The lowest BCUT2D eigenvalue weighted by molar-refractivity contribution is 0.0600. The van der Waals surface area contributed by atoms with Gasteiger partial charge in [-0.05, 0) is 47.5 Å². The SMILES string of the molecule is COC(=O)c1ccc(/C=c2\sc3nc(/C=C/c4ccc(OC)c(OC)c4)nn3c2=O)cc1. The number of methoxy groups -OCH3 is 3. The Bertz CT molecular complexity index is 1420. The number of hydrogen-bond acceptors (Lipinski definition) is 8. The molecule has 0 aliphatic heterocycles. The summed E-state index contributed by atoms with van der Waals surface area (Å²) in [7, 11) is 4.49. The minimum Gasteiger partial charge on any atom is -0.493 e. The summed E-state index contributed by atoms with van der Waals surface area (Å²) < 4.78 is 17.0. The van der Waals surface area contributed by atoms with E-state index in [2.05, 4.69) is 14.8 Å². The minimum absolute atomic E-state index is 0.250. The standard InChI is InChI=1S/C23H19N3O5S/c1-29-17-10-6-14(12-18(17)30-2)7-11-20-24-23-26(25-20)21(27)19(32-23)13-15-4-8-16(9-5-15)22(28)31-3/h4-13H,1-3H3/b11-7+,19-13-. The van der Waals surface area contributed by atoms with Crippen LogP contribution >= 0.6 is 11.3 Å². The van der Waals surface area contributed by atoms with Gasteiger partial charge in [0.15, 0.2) is 17.3 Å². The quantitative estimate of drug-likeness (QED) is 0.418. The fourth-order valence-electron chi connectivity index (χ4n) is 3.03. The van der Waals surface area contributed by atoms with Crippen molar-refractivity contribution in [2.45, 2.75) is 0 Å². The van der Waals surface area contributed by atoms with Crippen LogP contribution in [0.1, 0.15) is 27.3 Å². The van der Waals surface area contributed by atoms with Crippen molar-refractivity contribution in [3.63, 3.8) is 0 Å². The van der Waals surface area contributed by atoms with E-state index in [1.165, 1.54) is 23.0 Å². The molecule has 0 N–H and O–H groups in total. The van der Waals surface area contributed by atoms with Gasteiger partial charge in [0.2, 0.25) is 4.96 Å². The van der Waals surface area contributed by atoms with Gasteiger partial charge in [-0.15, -0.1) is 5.10 Å². The van der Waals surface area contributed by atoms with Crippen molar-refractivity contribution < 1.29 is 19.0 Å². The second kappa shape index (κ2) is 9.03. The Morgan fingerprint density at radius 1 is 0.969 bits per heavy atom. The van der Waals surface area contributed by atoms with E-state index in [0.717, 1.165) is 11.1 Å². The molecule has 0 saturated heterocycles. The van der Waals surface area contributed by atoms with Crippen LogP contribution in [-0.4, -0.2) is 41.9 Å². The van der Waals surface area contributed by atoms with Gasteiger partial charge >= 0.3 is 5.97 Å². The molecule has 0 radical (unpaired) electrons. The summed E-state index contributed by atoms with van der Waals surface area (Å²) >= 11 is 1.25. The maximum Gasteiger partial charge on any atom is 0.337 e. The van der Waals surface area contributed by atoms with E-state index < -0.39 is 5.97 Å². The van der Waals surface area contributed by atoms with Crippen LogP contribution in [0.25, 0.3) is 23.2 Å². The monoisotopic (exact) mass is 449 g/mol. The van der Waals surface area contributed by atoms with Crippen LogP contribution in [0.4, 0.5) is 0 Å². The summed E-state index contributed by atoms with van der Waals surface area (Å²) in [4.78, 5) is 29.2. The van der Waals surface area contributed by atoms with Crippen LogP contribution < -0.4 is 19.6 Å². The highest BCUT2D eigenvalue weighted by molar-refractivity contribution is 7.15. The van der Waals surface area contributed by atoms with E-state index in [-0.39, 0.29) is 5.56 Å². The van der Waals surface area contributed by atoms with Gasteiger partial charge in [0.25, 0.3) is 5.56 Å². The Kier molecular flexibility index (Phi) is 6.00. The first-order valence-electron chi connectivity index (χ1n) is 9.52. The third-order valence-corrected chi connectivity index (χ3v) is 5.62. The number of thiazole rings is 1. The number of nitrogens with zero attached hydrogens (tertiary/aromatic N) is 3. The molecule has 2 heterocycles. The molecule has 32 heavy (non-hydrogen) atoms. The fourth-order valence-corrected chi connectivity index (χ4v) is 3.95. The number of aromatic nitrogens is 3. The Morgan fingerprint density at radius 3 is 2.34 bits per heavy atom. The van der Waals surface area contributed by atoms with Crippen molar-refractivity contribution in [1.82, 2.24) is 14.6 Å². The summed E-state index contributed by atoms with van der Waals surface area (Å²) in [5.41, 5.74) is 1.86. The smallest absolute Gasteiger partial charge is 0.337 e. The predicted octanol–water partition coefficient (Wildman–Crippen LogP) is 2.67. The van der Waals surface area contributed by atoms with Gasteiger partial charge in [0, 0.05) is 0 Å². The number of carbonyl (C=O) groups excluding carboxylic acids is 1. The van der Waals surface area contributed by atoms with Crippen molar-refractivity contribution >= 4 is 40.5 Å². The number of ether oxygens (including phenoxy) is 3. The van der Waals surface area contributed by atoms with Crippen LogP contribution in [0.15, 0.2) is 47.3 Å². The molecule has 4 aromatic rings. The lowest BCUT2D eigenvalue weighted by Crippen LogP contribution is -2.23. The summed E-state index contributed by atoms with van der Waals surface area (Å²) in [6.45, 7) is 0. The van der Waals surface area contributed by atoms with Crippen LogP contribution in [0, 0.1) is 0 Å². The predicted molar refractivity (Wildman–Crippen MR) is 122 cm³/mol. The molecule has 0 amide bonds. The average Bonchev–Trinajstić information content (AvgIpc) is 3.35. The molecule has 0 aliphatic rings. The van der Waals surface area contributed by atoms with Crippen LogP contribution in [0.3, 0.4) is 0 Å². The zero-order chi connectivity index (χ0) is 22.7. The Hall–Kier alpha value is -3.98. The second-order valence-corrected chi connectivity index (χ2v) is 7.65. The van der Waals surface area contributed by atoms with Crippen LogP contribution in [-0.2, 0) is 4.74 Å². The highest BCUT2D eigenvalue weighted by Gasteiger charge is 2.10. The van der Waals surface area contributed by atoms with Gasteiger partial charge in [-0.3, -0.25) is 4.79 Å². The normalized spacial score (nSPS) is 11.9. The Morgan fingerprint density at radius 2 is 1.69 bits per heavy atom. The molecule has 0 unspecified atom stereocenters. The maximum absolute atomic E-state index is 12.7. The molecule has 0 atom stereocenters. The third kappa shape index (κ3) is 4.23. The van der Waals surface area contributed by atoms with Gasteiger partial charge in [-0.1, -0.05) is 35.6 Å². The van der Waals surface area contributed by atoms with Crippen molar-refractivity contribution in [1.29, 1.82) is 0 Å². The Labute approximate surface area is 187 Å². The summed E-state index contributed by atoms with van der Waals surface area (Å²) in [6.07, 6.45) is 5.31. The van der Waals surface area contributed by atoms with E-state index in [9.17, 15) is 9.59 Å². The highest BCUT2D eigenvalue weighted by Crippen LogP contribution is 2.28. The lowest BCUT2D eigenvalue weighted by atomic mass is 10.1. The average molecular weight is 449 g/mol. The van der Waals surface area contributed by atoms with Gasteiger partial charge in [-0.25, -0.2) is 4.79 Å². The lowest BCUT2D eigenvalue weighted by Gasteiger charge is -2.07. The van der Waals surface area contributed by atoms with Crippen LogP contribution in [0.2, 0.25) is 0 Å². The molecule has 9 heteroatoms. The number of hydrogen-bond donors (Lipinski definition) is 0. The molecule has 0 bridgehead atoms. The first kappa shape index (κ1) is 21.3. The van der Waals surface area contributed by atoms with Crippen molar-refractivity contribution in [3.05, 3.63) is 79.9 Å². The second-order valence-electron chi connectivity index (χ2n) is 6.64. The van der Waals surface area contributed by atoms with E-state index in [0.29, 0.717) is 32.4 Å². The first-order valence-corrected chi connectivity index (χ1v) is 10.3. The largest absolute Gasteiger partial charge is 0.493 e. The van der Waals surface area contributed by atoms with Crippen LogP contribution in [0.5, 0.6) is 11.5 Å². The number of rotatable bonds is 6. The number of benzene rings is 2. The van der Waals surface area contributed by atoms with E-state index in [1.807, 2.05) is 24.3 Å². The molecule has 162 valence electrons.